The lowest BCUT2D eigenvalue weighted by molar-refractivity contribution is 0.324. The van der Waals surface area contributed by atoms with Crippen molar-refractivity contribution < 1.29 is 0 Å². The number of hydrogen-bond donors (Lipinski definition) is 0. The third-order valence-corrected chi connectivity index (χ3v) is 3.71. The van der Waals surface area contributed by atoms with Crippen LogP contribution in [0.15, 0.2) is 0 Å². The Labute approximate surface area is 91.5 Å². The van der Waals surface area contributed by atoms with Crippen LogP contribution in [0.4, 0.5) is 0 Å². The van der Waals surface area contributed by atoms with Crippen LogP contribution in [0, 0.1) is 17.8 Å². The first-order chi connectivity index (χ1) is 6.61. The van der Waals surface area contributed by atoms with E-state index in [1.54, 1.807) is 0 Å². The molecule has 2 atom stereocenters. The molecule has 0 nitrogen and oxygen atoms in total. The highest BCUT2D eigenvalue weighted by molar-refractivity contribution is 4.63. The Balaban J connectivity index is 3.60. The Hall–Kier alpha value is 0. The standard InChI is InChI=1S/C14H30/c1-6-8-9-14(7-2)11-10-13(5)12(3)4/h12-14H,6-11H2,1-5H3. The molecular formula is C14H30. The summed E-state index contributed by atoms with van der Waals surface area (Å²) in [7, 11) is 0. The third kappa shape index (κ3) is 6.45. The van der Waals surface area contributed by atoms with E-state index in [4.69, 9.17) is 0 Å². The molecule has 2 unspecified atom stereocenters. The minimum Gasteiger partial charge on any atom is -0.0654 e. The molecule has 86 valence electrons. The fraction of sp³-hybridized carbons (Fsp3) is 1.00. The average Bonchev–Trinajstić information content (AvgIpc) is 2.17. The zero-order valence-electron chi connectivity index (χ0n) is 11.0. The molecule has 0 N–H and O–H groups in total. The van der Waals surface area contributed by atoms with Gasteiger partial charge in [-0.2, -0.15) is 0 Å². The number of hydrogen-bond acceptors (Lipinski definition) is 0. The molecular weight excluding hydrogens is 168 g/mol. The Kier molecular flexibility index (Phi) is 8.32. The number of rotatable bonds is 8. The molecule has 0 aromatic heterocycles. The van der Waals surface area contributed by atoms with Gasteiger partial charge in [-0.3, -0.25) is 0 Å². The van der Waals surface area contributed by atoms with E-state index in [9.17, 15) is 0 Å². The average molecular weight is 198 g/mol. The molecule has 0 bridgehead atoms. The third-order valence-electron chi connectivity index (χ3n) is 3.71. The largest absolute Gasteiger partial charge is 0.0654 e. The summed E-state index contributed by atoms with van der Waals surface area (Å²) in [5.74, 6) is 2.76. The highest BCUT2D eigenvalue weighted by Crippen LogP contribution is 2.24. The van der Waals surface area contributed by atoms with Crippen LogP contribution in [-0.4, -0.2) is 0 Å². The molecule has 0 aliphatic heterocycles. The molecule has 0 saturated carbocycles. The first kappa shape index (κ1) is 14.0. The fourth-order valence-corrected chi connectivity index (χ4v) is 1.88. The second-order valence-corrected chi connectivity index (χ2v) is 5.22. The molecule has 0 heterocycles. The normalized spacial score (nSPS) is 15.9. The molecule has 0 aromatic rings. The van der Waals surface area contributed by atoms with Crippen molar-refractivity contribution in [2.24, 2.45) is 17.8 Å². The Morgan fingerprint density at radius 3 is 1.93 bits per heavy atom. The Bertz CT molecular complexity index is 115. The van der Waals surface area contributed by atoms with Crippen molar-refractivity contribution in [3.63, 3.8) is 0 Å². The SMILES string of the molecule is CCCCC(CC)CCC(C)C(C)C. The van der Waals surface area contributed by atoms with Crippen LogP contribution in [-0.2, 0) is 0 Å². The predicted molar refractivity (Wildman–Crippen MR) is 66.5 cm³/mol. The maximum absolute atomic E-state index is 2.40. The molecule has 0 spiro atoms. The van der Waals surface area contributed by atoms with Crippen LogP contribution in [0.5, 0.6) is 0 Å². The van der Waals surface area contributed by atoms with Crippen molar-refractivity contribution in [1.82, 2.24) is 0 Å². The summed E-state index contributed by atoms with van der Waals surface area (Å²) in [6.45, 7) is 11.7. The van der Waals surface area contributed by atoms with Crippen LogP contribution in [0.2, 0.25) is 0 Å². The van der Waals surface area contributed by atoms with E-state index in [1.807, 2.05) is 0 Å². The lowest BCUT2D eigenvalue weighted by Gasteiger charge is -2.19. The lowest BCUT2D eigenvalue weighted by atomic mass is 9.87. The minimum absolute atomic E-state index is 0.860. The first-order valence-corrected chi connectivity index (χ1v) is 6.61. The molecule has 14 heavy (non-hydrogen) atoms. The van der Waals surface area contributed by atoms with E-state index in [2.05, 4.69) is 34.6 Å². The summed E-state index contributed by atoms with van der Waals surface area (Å²) < 4.78 is 0. The molecule has 0 rings (SSSR count). The van der Waals surface area contributed by atoms with Gasteiger partial charge < -0.3 is 0 Å². The second-order valence-electron chi connectivity index (χ2n) is 5.22. The van der Waals surface area contributed by atoms with Gasteiger partial charge in [0.25, 0.3) is 0 Å². The van der Waals surface area contributed by atoms with E-state index in [0.717, 1.165) is 17.8 Å². The van der Waals surface area contributed by atoms with Gasteiger partial charge in [0.2, 0.25) is 0 Å². The van der Waals surface area contributed by atoms with Gasteiger partial charge in [-0.15, -0.1) is 0 Å². The maximum atomic E-state index is 2.40. The summed E-state index contributed by atoms with van der Waals surface area (Å²) >= 11 is 0. The van der Waals surface area contributed by atoms with Gasteiger partial charge in [0.15, 0.2) is 0 Å². The topological polar surface area (TPSA) is 0 Å². The summed E-state index contributed by atoms with van der Waals surface area (Å²) in [5.41, 5.74) is 0. The van der Waals surface area contributed by atoms with E-state index in [1.165, 1.54) is 38.5 Å². The van der Waals surface area contributed by atoms with Crippen molar-refractivity contribution in [2.75, 3.05) is 0 Å². The quantitative estimate of drug-likeness (QED) is 0.498. The van der Waals surface area contributed by atoms with Gasteiger partial charge in [0.05, 0.1) is 0 Å². The van der Waals surface area contributed by atoms with Gasteiger partial charge >= 0.3 is 0 Å². The van der Waals surface area contributed by atoms with Gasteiger partial charge in [-0.05, 0) is 17.8 Å². The van der Waals surface area contributed by atoms with Gasteiger partial charge in [0, 0.05) is 0 Å². The minimum atomic E-state index is 0.860. The van der Waals surface area contributed by atoms with Crippen molar-refractivity contribution in [3.8, 4) is 0 Å². The molecule has 0 saturated heterocycles. The van der Waals surface area contributed by atoms with Gasteiger partial charge in [-0.1, -0.05) is 73.1 Å². The van der Waals surface area contributed by atoms with Crippen LogP contribution in [0.3, 0.4) is 0 Å². The first-order valence-electron chi connectivity index (χ1n) is 6.61. The molecule has 0 aromatic carbocycles. The van der Waals surface area contributed by atoms with E-state index in [-0.39, 0.29) is 0 Å². The zero-order chi connectivity index (χ0) is 11.0. The van der Waals surface area contributed by atoms with Crippen LogP contribution in [0.25, 0.3) is 0 Å². The molecule has 0 aliphatic rings. The van der Waals surface area contributed by atoms with Gasteiger partial charge in [0.1, 0.15) is 0 Å². The smallest absolute Gasteiger partial charge is 0.0417 e. The Morgan fingerprint density at radius 2 is 1.50 bits per heavy atom. The number of unbranched alkanes of at least 4 members (excludes halogenated alkanes) is 1. The van der Waals surface area contributed by atoms with E-state index >= 15 is 0 Å². The fourth-order valence-electron chi connectivity index (χ4n) is 1.88. The van der Waals surface area contributed by atoms with Crippen molar-refractivity contribution >= 4 is 0 Å². The summed E-state index contributed by atoms with van der Waals surface area (Å²) in [5, 5.41) is 0. The van der Waals surface area contributed by atoms with E-state index < -0.39 is 0 Å². The molecule has 0 radical (unpaired) electrons. The molecule has 0 amide bonds. The molecule has 0 heteroatoms. The highest BCUT2D eigenvalue weighted by Gasteiger charge is 2.11. The van der Waals surface area contributed by atoms with Crippen LogP contribution in [0.1, 0.15) is 73.1 Å². The van der Waals surface area contributed by atoms with Crippen LogP contribution >= 0.6 is 0 Å². The van der Waals surface area contributed by atoms with Crippen molar-refractivity contribution in [1.29, 1.82) is 0 Å². The van der Waals surface area contributed by atoms with Crippen molar-refractivity contribution in [3.05, 3.63) is 0 Å². The summed E-state index contributed by atoms with van der Waals surface area (Å²) in [6, 6.07) is 0. The monoisotopic (exact) mass is 198 g/mol. The molecule has 0 aliphatic carbocycles. The lowest BCUT2D eigenvalue weighted by Crippen LogP contribution is -2.07. The predicted octanol–water partition coefficient (Wildman–Crippen LogP) is 5.28. The van der Waals surface area contributed by atoms with E-state index in [0.29, 0.717) is 0 Å². The summed E-state index contributed by atoms with van der Waals surface area (Å²) in [4.78, 5) is 0. The zero-order valence-corrected chi connectivity index (χ0v) is 11.0. The summed E-state index contributed by atoms with van der Waals surface area (Å²) in [6.07, 6.45) is 8.50. The second kappa shape index (κ2) is 8.32. The van der Waals surface area contributed by atoms with Gasteiger partial charge in [-0.25, -0.2) is 0 Å². The molecule has 0 fully saturated rings. The van der Waals surface area contributed by atoms with Crippen LogP contribution < -0.4 is 0 Å². The highest BCUT2D eigenvalue weighted by atomic mass is 14.2. The van der Waals surface area contributed by atoms with Crippen molar-refractivity contribution in [2.45, 2.75) is 73.1 Å². The Morgan fingerprint density at radius 1 is 0.857 bits per heavy atom. The maximum Gasteiger partial charge on any atom is -0.0417 e.